The van der Waals surface area contributed by atoms with E-state index in [0.717, 1.165) is 12.8 Å². The summed E-state index contributed by atoms with van der Waals surface area (Å²) in [6.07, 6.45) is 3.40. The van der Waals surface area contributed by atoms with Gasteiger partial charge in [0.1, 0.15) is 0 Å². The highest BCUT2D eigenvalue weighted by Crippen LogP contribution is 2.34. The third-order valence-electron chi connectivity index (χ3n) is 2.75. The van der Waals surface area contributed by atoms with Gasteiger partial charge >= 0.3 is 0 Å². The zero-order chi connectivity index (χ0) is 8.43. The number of carbonyl (C=O) groups is 1. The highest BCUT2D eigenvalue weighted by Gasteiger charge is 2.29. The summed E-state index contributed by atoms with van der Waals surface area (Å²) >= 11 is 5.48. The number of rotatable bonds is 1. The van der Waals surface area contributed by atoms with E-state index in [1.807, 2.05) is 0 Å². The van der Waals surface area contributed by atoms with Gasteiger partial charge in [0, 0.05) is 5.92 Å². The Morgan fingerprint density at radius 2 is 2.00 bits per heavy atom. The molecule has 0 spiro atoms. The predicted octanol–water partition coefficient (Wildman–Crippen LogP) is 2.82. The predicted molar refractivity (Wildman–Crippen MR) is 46.5 cm³/mol. The van der Waals surface area contributed by atoms with Crippen molar-refractivity contribution in [3.63, 3.8) is 0 Å². The monoisotopic (exact) mass is 174 g/mol. The first-order valence-electron chi connectivity index (χ1n) is 4.30. The number of halogens is 1. The maximum absolute atomic E-state index is 10.9. The van der Waals surface area contributed by atoms with E-state index in [1.165, 1.54) is 6.42 Å². The van der Waals surface area contributed by atoms with E-state index < -0.39 is 0 Å². The molecule has 2 heteroatoms. The van der Waals surface area contributed by atoms with E-state index in [9.17, 15) is 4.79 Å². The summed E-state index contributed by atoms with van der Waals surface area (Å²) in [6.45, 7) is 4.32. The molecule has 1 nitrogen and oxygen atoms in total. The number of carbonyl (C=O) groups excluding carboxylic acids is 1. The first-order valence-corrected chi connectivity index (χ1v) is 4.68. The van der Waals surface area contributed by atoms with Gasteiger partial charge < -0.3 is 0 Å². The lowest BCUT2D eigenvalue weighted by molar-refractivity contribution is -0.117. The van der Waals surface area contributed by atoms with Crippen LogP contribution in [0.2, 0.25) is 0 Å². The zero-order valence-electron chi connectivity index (χ0n) is 7.14. The fourth-order valence-corrected chi connectivity index (χ4v) is 2.15. The van der Waals surface area contributed by atoms with Gasteiger partial charge in [-0.15, -0.1) is 0 Å². The smallest absolute Gasteiger partial charge is 0.224 e. The van der Waals surface area contributed by atoms with Crippen molar-refractivity contribution in [3.8, 4) is 0 Å². The van der Waals surface area contributed by atoms with E-state index in [1.54, 1.807) is 0 Å². The summed E-state index contributed by atoms with van der Waals surface area (Å²) in [5.74, 6) is 1.30. The lowest BCUT2D eigenvalue weighted by Gasteiger charge is -2.29. The molecule has 3 unspecified atom stereocenters. The van der Waals surface area contributed by atoms with Gasteiger partial charge in [-0.1, -0.05) is 20.3 Å². The molecule has 0 aromatic heterocycles. The average Bonchev–Trinajstić information content (AvgIpc) is 1.94. The van der Waals surface area contributed by atoms with Crippen molar-refractivity contribution in [3.05, 3.63) is 0 Å². The van der Waals surface area contributed by atoms with Gasteiger partial charge in [0.25, 0.3) is 0 Å². The molecule has 1 rings (SSSR count). The third kappa shape index (κ3) is 2.19. The second-order valence-corrected chi connectivity index (χ2v) is 4.18. The van der Waals surface area contributed by atoms with Crippen LogP contribution < -0.4 is 0 Å². The minimum absolute atomic E-state index is 0.125. The van der Waals surface area contributed by atoms with Crippen molar-refractivity contribution in [1.82, 2.24) is 0 Å². The molecule has 64 valence electrons. The Bertz CT molecular complexity index is 156. The molecule has 3 atom stereocenters. The molecule has 0 radical (unpaired) electrons. The summed E-state index contributed by atoms with van der Waals surface area (Å²) in [5.41, 5.74) is 0. The molecule has 1 fully saturated rings. The van der Waals surface area contributed by atoms with E-state index in [2.05, 4.69) is 13.8 Å². The molecule has 0 amide bonds. The minimum atomic E-state index is -0.135. The normalized spacial score (nSPS) is 38.6. The maximum Gasteiger partial charge on any atom is 0.224 e. The van der Waals surface area contributed by atoms with E-state index in [4.69, 9.17) is 11.6 Å². The number of hydrogen-bond donors (Lipinski definition) is 0. The van der Waals surface area contributed by atoms with Gasteiger partial charge in [-0.25, -0.2) is 0 Å². The molecule has 0 bridgehead atoms. The van der Waals surface area contributed by atoms with Crippen molar-refractivity contribution in [2.75, 3.05) is 0 Å². The average molecular weight is 175 g/mol. The fraction of sp³-hybridized carbons (Fsp3) is 0.889. The molecule has 1 aliphatic rings. The van der Waals surface area contributed by atoms with Crippen LogP contribution in [0.5, 0.6) is 0 Å². The summed E-state index contributed by atoms with van der Waals surface area (Å²) in [5, 5.41) is -0.135. The molecule has 1 aliphatic carbocycles. The fourth-order valence-electron chi connectivity index (χ4n) is 1.85. The molecule has 1 saturated carbocycles. The molecule has 11 heavy (non-hydrogen) atoms. The van der Waals surface area contributed by atoms with Gasteiger partial charge in [-0.2, -0.15) is 0 Å². The Kier molecular flexibility index (Phi) is 2.94. The molecule has 0 heterocycles. The van der Waals surface area contributed by atoms with Crippen LogP contribution in [-0.2, 0) is 4.79 Å². The van der Waals surface area contributed by atoms with Gasteiger partial charge in [-0.05, 0) is 36.3 Å². The van der Waals surface area contributed by atoms with Crippen molar-refractivity contribution in [1.29, 1.82) is 0 Å². The van der Waals surface area contributed by atoms with Crippen molar-refractivity contribution in [2.24, 2.45) is 17.8 Å². The van der Waals surface area contributed by atoms with Gasteiger partial charge in [-0.3, -0.25) is 4.79 Å². The lowest BCUT2D eigenvalue weighted by Crippen LogP contribution is -2.25. The first-order chi connectivity index (χ1) is 5.11. The summed E-state index contributed by atoms with van der Waals surface area (Å²) in [4.78, 5) is 10.9. The van der Waals surface area contributed by atoms with Crippen LogP contribution in [0.15, 0.2) is 0 Å². The van der Waals surface area contributed by atoms with E-state index in [0.29, 0.717) is 11.8 Å². The maximum atomic E-state index is 10.9. The van der Waals surface area contributed by atoms with Crippen LogP contribution in [0.4, 0.5) is 0 Å². The summed E-state index contributed by atoms with van der Waals surface area (Å²) in [6, 6.07) is 0. The van der Waals surface area contributed by atoms with Crippen LogP contribution in [0.25, 0.3) is 0 Å². The van der Waals surface area contributed by atoms with Gasteiger partial charge in [0.05, 0.1) is 0 Å². The quantitative estimate of drug-likeness (QED) is 0.559. The molecular formula is C9H15ClO. The zero-order valence-corrected chi connectivity index (χ0v) is 7.90. The molecule has 0 N–H and O–H groups in total. The first kappa shape index (κ1) is 9.05. The SMILES string of the molecule is CC1CCC(C)C(C(=O)Cl)C1. The van der Waals surface area contributed by atoms with Crippen LogP contribution in [0, 0.1) is 17.8 Å². The molecule has 0 aromatic rings. The van der Waals surface area contributed by atoms with Gasteiger partial charge in [0.2, 0.25) is 5.24 Å². The lowest BCUT2D eigenvalue weighted by atomic mass is 9.76. The van der Waals surface area contributed by atoms with Crippen LogP contribution in [-0.4, -0.2) is 5.24 Å². The standard InChI is InChI=1S/C9H15ClO/c1-6-3-4-7(2)8(5-6)9(10)11/h6-8H,3-5H2,1-2H3. The second-order valence-electron chi connectivity index (χ2n) is 3.81. The summed E-state index contributed by atoms with van der Waals surface area (Å²) in [7, 11) is 0. The Morgan fingerprint density at radius 1 is 1.36 bits per heavy atom. The third-order valence-corrected chi connectivity index (χ3v) is 3.03. The number of hydrogen-bond acceptors (Lipinski definition) is 1. The van der Waals surface area contributed by atoms with Crippen molar-refractivity contribution < 1.29 is 4.79 Å². The summed E-state index contributed by atoms with van der Waals surface area (Å²) < 4.78 is 0. The highest BCUT2D eigenvalue weighted by atomic mass is 35.5. The van der Waals surface area contributed by atoms with Gasteiger partial charge in [0.15, 0.2) is 0 Å². The molecule has 0 aliphatic heterocycles. The molecule has 0 aromatic carbocycles. The largest absolute Gasteiger partial charge is 0.281 e. The molecule has 0 saturated heterocycles. The van der Waals surface area contributed by atoms with E-state index in [-0.39, 0.29) is 11.2 Å². The Labute approximate surface area is 73.1 Å². The van der Waals surface area contributed by atoms with Crippen LogP contribution in [0.3, 0.4) is 0 Å². The highest BCUT2D eigenvalue weighted by molar-refractivity contribution is 6.64. The second kappa shape index (κ2) is 3.57. The Balaban J connectivity index is 2.54. The van der Waals surface area contributed by atoms with Crippen molar-refractivity contribution in [2.45, 2.75) is 33.1 Å². The van der Waals surface area contributed by atoms with E-state index >= 15 is 0 Å². The van der Waals surface area contributed by atoms with Crippen LogP contribution >= 0.6 is 11.6 Å². The van der Waals surface area contributed by atoms with Crippen molar-refractivity contribution >= 4 is 16.8 Å². The topological polar surface area (TPSA) is 17.1 Å². The Hall–Kier alpha value is -0.0400. The Morgan fingerprint density at radius 3 is 2.45 bits per heavy atom. The van der Waals surface area contributed by atoms with Crippen LogP contribution in [0.1, 0.15) is 33.1 Å². The minimum Gasteiger partial charge on any atom is -0.281 e. The molecular weight excluding hydrogens is 160 g/mol.